The third-order valence-corrected chi connectivity index (χ3v) is 5.66. The highest BCUT2D eigenvalue weighted by Gasteiger charge is 2.62. The predicted molar refractivity (Wildman–Crippen MR) is 55.8 cm³/mol. The van der Waals surface area contributed by atoms with Crippen molar-refractivity contribution in [2.24, 2.45) is 28.6 Å². The number of hydrogen-bond donors (Lipinski definition) is 0. The predicted octanol–water partition coefficient (Wildman–Crippen LogP) is 3.04. The number of rotatable bonds is 2. The lowest BCUT2D eigenvalue weighted by Crippen LogP contribution is -2.54. The summed E-state index contributed by atoms with van der Waals surface area (Å²) in [6.45, 7) is 4.83. The van der Waals surface area contributed by atoms with E-state index < -0.39 is 0 Å². The van der Waals surface area contributed by atoms with E-state index in [1.165, 1.54) is 38.4 Å². The molecule has 0 heterocycles. The van der Waals surface area contributed by atoms with Gasteiger partial charge in [-0.3, -0.25) is 0 Å². The van der Waals surface area contributed by atoms with Gasteiger partial charge in [0.25, 0.3) is 0 Å². The molecular formula is C13H20O. The molecule has 0 aromatic rings. The Kier molecular flexibility index (Phi) is 1.55. The van der Waals surface area contributed by atoms with Gasteiger partial charge in [-0.1, -0.05) is 13.8 Å². The van der Waals surface area contributed by atoms with Crippen LogP contribution < -0.4 is 0 Å². The summed E-state index contributed by atoms with van der Waals surface area (Å²) in [5, 5.41) is 0. The summed E-state index contributed by atoms with van der Waals surface area (Å²) in [7, 11) is 0. The van der Waals surface area contributed by atoms with Crippen molar-refractivity contribution in [2.75, 3.05) is 0 Å². The lowest BCUT2D eigenvalue weighted by atomic mass is 9.43. The van der Waals surface area contributed by atoms with Gasteiger partial charge < -0.3 is 4.79 Å². The van der Waals surface area contributed by atoms with Crippen molar-refractivity contribution in [2.45, 2.75) is 46.0 Å². The molecule has 1 heteroatoms. The molecule has 1 unspecified atom stereocenters. The van der Waals surface area contributed by atoms with Crippen LogP contribution in [0.4, 0.5) is 0 Å². The molecule has 4 fully saturated rings. The molecule has 0 amide bonds. The second-order valence-corrected chi connectivity index (χ2v) is 6.40. The maximum atomic E-state index is 11.2. The van der Waals surface area contributed by atoms with Gasteiger partial charge in [-0.2, -0.15) is 0 Å². The molecule has 14 heavy (non-hydrogen) atoms. The number of aldehydes is 1. The lowest BCUT2D eigenvalue weighted by molar-refractivity contribution is -0.138. The molecule has 4 aliphatic rings. The fourth-order valence-electron chi connectivity index (χ4n) is 4.22. The fraction of sp³-hybridized carbons (Fsp3) is 0.923. The van der Waals surface area contributed by atoms with Crippen LogP contribution in [0.3, 0.4) is 0 Å². The van der Waals surface area contributed by atoms with E-state index in [0.29, 0.717) is 5.41 Å². The minimum Gasteiger partial charge on any atom is -0.303 e. The summed E-state index contributed by atoms with van der Waals surface area (Å²) in [4.78, 5) is 11.2. The lowest BCUT2D eigenvalue weighted by Gasteiger charge is -2.61. The van der Waals surface area contributed by atoms with Crippen molar-refractivity contribution in [1.82, 2.24) is 0 Å². The molecule has 0 aliphatic heterocycles. The van der Waals surface area contributed by atoms with Crippen LogP contribution in [0.15, 0.2) is 0 Å². The SMILES string of the molecule is CC1(C)[C@H]2CCC(C3(C=O)CC3)[C@@H]1C2. The Morgan fingerprint density at radius 3 is 2.29 bits per heavy atom. The van der Waals surface area contributed by atoms with Crippen LogP contribution >= 0.6 is 0 Å². The van der Waals surface area contributed by atoms with Crippen molar-refractivity contribution in [1.29, 1.82) is 0 Å². The number of carbonyl (C=O) groups excluding carboxylic acids is 1. The van der Waals surface area contributed by atoms with E-state index in [0.717, 1.165) is 17.8 Å². The first kappa shape index (κ1) is 8.94. The Morgan fingerprint density at radius 2 is 1.86 bits per heavy atom. The average molecular weight is 192 g/mol. The third kappa shape index (κ3) is 0.888. The van der Waals surface area contributed by atoms with E-state index in [2.05, 4.69) is 13.8 Å². The highest BCUT2D eigenvalue weighted by Crippen LogP contribution is 2.68. The highest BCUT2D eigenvalue weighted by atomic mass is 16.1. The number of carbonyl (C=O) groups is 1. The molecule has 0 radical (unpaired) electrons. The summed E-state index contributed by atoms with van der Waals surface area (Å²) in [6.07, 6.45) is 7.76. The van der Waals surface area contributed by atoms with Crippen LogP contribution in [0.1, 0.15) is 46.0 Å². The van der Waals surface area contributed by atoms with Gasteiger partial charge in [-0.05, 0) is 55.3 Å². The molecule has 0 N–H and O–H groups in total. The first-order valence-electron chi connectivity index (χ1n) is 6.06. The first-order valence-corrected chi connectivity index (χ1v) is 6.06. The fourth-order valence-corrected chi connectivity index (χ4v) is 4.22. The molecule has 0 aromatic heterocycles. The Bertz CT molecular complexity index is 273. The smallest absolute Gasteiger partial charge is 0.126 e. The normalized spacial score (nSPS) is 46.6. The zero-order valence-electron chi connectivity index (χ0n) is 9.25. The van der Waals surface area contributed by atoms with E-state index in [-0.39, 0.29) is 5.41 Å². The van der Waals surface area contributed by atoms with E-state index >= 15 is 0 Å². The summed E-state index contributed by atoms with van der Waals surface area (Å²) >= 11 is 0. The minimum atomic E-state index is 0.146. The van der Waals surface area contributed by atoms with Crippen molar-refractivity contribution >= 4 is 6.29 Å². The maximum absolute atomic E-state index is 11.2. The van der Waals surface area contributed by atoms with Crippen LogP contribution in [0.2, 0.25) is 0 Å². The van der Waals surface area contributed by atoms with Gasteiger partial charge in [0.15, 0.2) is 0 Å². The van der Waals surface area contributed by atoms with Crippen molar-refractivity contribution < 1.29 is 4.79 Å². The molecule has 4 saturated carbocycles. The van der Waals surface area contributed by atoms with Crippen molar-refractivity contribution in [3.63, 3.8) is 0 Å². The maximum Gasteiger partial charge on any atom is 0.126 e. The summed E-state index contributed by atoms with van der Waals surface area (Å²) in [5.74, 6) is 2.56. The van der Waals surface area contributed by atoms with E-state index in [9.17, 15) is 4.79 Å². The standard InChI is InChI=1S/C13H20O/c1-12(2)9-3-4-10(11(12)7-9)13(8-14)5-6-13/h8-11H,3-7H2,1-2H3/t9-,10?,11-/m0/s1. The van der Waals surface area contributed by atoms with Gasteiger partial charge >= 0.3 is 0 Å². The Morgan fingerprint density at radius 1 is 1.14 bits per heavy atom. The summed E-state index contributed by atoms with van der Waals surface area (Å²) < 4.78 is 0. The zero-order valence-corrected chi connectivity index (χ0v) is 9.25. The second kappa shape index (κ2) is 2.43. The van der Waals surface area contributed by atoms with Crippen LogP contribution in [0, 0.1) is 28.6 Å². The van der Waals surface area contributed by atoms with Crippen molar-refractivity contribution in [3.8, 4) is 0 Å². The van der Waals surface area contributed by atoms with E-state index in [4.69, 9.17) is 0 Å². The van der Waals surface area contributed by atoms with Gasteiger partial charge in [-0.25, -0.2) is 0 Å². The topological polar surface area (TPSA) is 17.1 Å². The summed E-state index contributed by atoms with van der Waals surface area (Å²) in [5.41, 5.74) is 0.689. The molecule has 0 saturated heterocycles. The largest absolute Gasteiger partial charge is 0.303 e. The zero-order chi connectivity index (χ0) is 9.97. The van der Waals surface area contributed by atoms with Crippen LogP contribution in [0.25, 0.3) is 0 Å². The van der Waals surface area contributed by atoms with Gasteiger partial charge in [-0.15, -0.1) is 0 Å². The van der Waals surface area contributed by atoms with Crippen LogP contribution in [-0.2, 0) is 4.79 Å². The molecule has 0 aromatic carbocycles. The molecule has 1 nitrogen and oxygen atoms in total. The Balaban J connectivity index is 1.85. The molecule has 2 bridgehead atoms. The van der Waals surface area contributed by atoms with Gasteiger partial charge in [0.2, 0.25) is 0 Å². The summed E-state index contributed by atoms with van der Waals surface area (Å²) in [6, 6.07) is 0. The molecule has 4 aliphatic carbocycles. The third-order valence-electron chi connectivity index (χ3n) is 5.66. The second-order valence-electron chi connectivity index (χ2n) is 6.40. The molecule has 78 valence electrons. The average Bonchev–Trinajstić information content (AvgIpc) is 2.98. The molecular weight excluding hydrogens is 172 g/mol. The quantitative estimate of drug-likeness (QED) is 0.615. The van der Waals surface area contributed by atoms with E-state index in [1.807, 2.05) is 0 Å². The van der Waals surface area contributed by atoms with Crippen molar-refractivity contribution in [3.05, 3.63) is 0 Å². The first-order chi connectivity index (χ1) is 6.60. The number of hydrogen-bond acceptors (Lipinski definition) is 1. The van der Waals surface area contributed by atoms with Crippen LogP contribution in [0.5, 0.6) is 0 Å². The van der Waals surface area contributed by atoms with Crippen LogP contribution in [-0.4, -0.2) is 6.29 Å². The Hall–Kier alpha value is -0.330. The van der Waals surface area contributed by atoms with Gasteiger partial charge in [0, 0.05) is 5.41 Å². The monoisotopic (exact) mass is 192 g/mol. The Labute approximate surface area is 86.3 Å². The van der Waals surface area contributed by atoms with Gasteiger partial charge in [0.1, 0.15) is 6.29 Å². The highest BCUT2D eigenvalue weighted by molar-refractivity contribution is 5.64. The minimum absolute atomic E-state index is 0.146. The van der Waals surface area contributed by atoms with Gasteiger partial charge in [0.05, 0.1) is 0 Å². The number of fused-ring (bicyclic) bond motifs is 2. The molecule has 3 atom stereocenters. The molecule has 4 rings (SSSR count). The van der Waals surface area contributed by atoms with E-state index in [1.54, 1.807) is 0 Å². The molecule has 0 spiro atoms.